The van der Waals surface area contributed by atoms with Crippen LogP contribution in [-0.4, -0.2) is 36.9 Å². The minimum atomic E-state index is 0. The molecule has 9 nitrogen and oxygen atoms in total. The van der Waals surface area contributed by atoms with E-state index in [2.05, 4.69) is 15.0 Å². The van der Waals surface area contributed by atoms with Crippen LogP contribution < -0.4 is 5.59 Å². The van der Waals surface area contributed by atoms with E-state index in [1.54, 1.807) is 36.8 Å². The van der Waals surface area contributed by atoms with Gasteiger partial charge in [-0.3, -0.25) is 15.0 Å². The first-order valence-electron chi connectivity index (χ1n) is 6.11. The van der Waals surface area contributed by atoms with Gasteiger partial charge >= 0.3 is 21.1 Å². The summed E-state index contributed by atoms with van der Waals surface area (Å²) in [6.07, 6.45) is 5.05. The zero-order chi connectivity index (χ0) is 17.3. The van der Waals surface area contributed by atoms with Crippen molar-refractivity contribution in [1.29, 1.82) is 0 Å². The number of nitrogens with zero attached hydrogens (tertiary/aromatic N) is 4. The number of hydrogen-bond acceptors (Lipinski definition) is 7. The van der Waals surface area contributed by atoms with Gasteiger partial charge in [0.25, 0.3) is 0 Å². The van der Waals surface area contributed by atoms with Gasteiger partial charge in [0.2, 0.25) is 0 Å². The Morgan fingerprint density at radius 2 is 0.750 bits per heavy atom. The fourth-order valence-electron chi connectivity index (χ4n) is 1.04. The third-order valence-electron chi connectivity index (χ3n) is 1.91. The van der Waals surface area contributed by atoms with E-state index >= 15 is 0 Å². The van der Waals surface area contributed by atoms with E-state index in [-0.39, 0.29) is 43.0 Å². The summed E-state index contributed by atoms with van der Waals surface area (Å²) in [5.41, 5.74) is 5.75. The standard InChI is InChI=1S/3C5H5NS.Mo.NO.4H2O/c3*7-5-3-1-2-4-6-5;;1-2;;;;/h3*1-4H,(H,6,7);;;4*1H2/q;;;+3;;;;;/p-3. The molecule has 0 bridgehead atoms. The average Bonchev–Trinajstić information content (AvgIpc) is 2.60. The SMILES string of the molecule is O.O.O.O.[Mo+3].[N]=O.[S-]c1ccccn1.[S-]c1ccccn1.[S-]c1ccccn1. The van der Waals surface area contributed by atoms with Gasteiger partial charge in [0.15, 0.2) is 0 Å². The van der Waals surface area contributed by atoms with Crippen LogP contribution in [0.3, 0.4) is 0 Å². The van der Waals surface area contributed by atoms with Gasteiger partial charge in [-0.15, -0.1) is 4.91 Å². The Balaban J connectivity index is -0.0000000571. The number of nitroso groups, excluding NO2 is 1. The van der Waals surface area contributed by atoms with Crippen molar-refractivity contribution < 1.29 is 43.0 Å². The Labute approximate surface area is 193 Å². The molecule has 3 rings (SSSR count). The first-order valence-corrected chi connectivity index (χ1v) is 7.33. The van der Waals surface area contributed by atoms with Crippen LogP contribution in [0.25, 0.3) is 0 Å². The molecule has 0 aliphatic rings. The summed E-state index contributed by atoms with van der Waals surface area (Å²) >= 11 is 14.1. The van der Waals surface area contributed by atoms with Crippen molar-refractivity contribution in [2.45, 2.75) is 15.1 Å². The zero-order valence-electron chi connectivity index (χ0n) is 14.3. The summed E-state index contributed by atoms with van der Waals surface area (Å²) in [7, 11) is 0. The van der Waals surface area contributed by atoms with E-state index in [0.717, 1.165) is 0 Å². The predicted molar refractivity (Wildman–Crippen MR) is 110 cm³/mol. The summed E-state index contributed by atoms with van der Waals surface area (Å²) < 4.78 is 0. The summed E-state index contributed by atoms with van der Waals surface area (Å²) in [5, 5.41) is 1.97. The quantitative estimate of drug-likeness (QED) is 0.268. The molecule has 8 N–H and O–H groups in total. The number of aromatic nitrogens is 3. The molecular formula is C15H20MoN4O5S3. The Kier molecular flexibility index (Phi) is 43.7. The van der Waals surface area contributed by atoms with Crippen LogP contribution >= 0.6 is 0 Å². The second-order valence-electron chi connectivity index (χ2n) is 3.50. The summed E-state index contributed by atoms with van der Waals surface area (Å²) in [4.78, 5) is 18.6. The molecule has 0 fully saturated rings. The van der Waals surface area contributed by atoms with Gasteiger partial charge in [-0.25, -0.2) is 0 Å². The zero-order valence-corrected chi connectivity index (χ0v) is 18.7. The van der Waals surface area contributed by atoms with Gasteiger partial charge in [-0.1, -0.05) is 51.5 Å². The van der Waals surface area contributed by atoms with E-state index < -0.39 is 0 Å². The molecule has 3 aromatic rings. The maximum atomic E-state index is 7.25. The fraction of sp³-hybridized carbons (Fsp3) is 0. The molecule has 3 aromatic heterocycles. The van der Waals surface area contributed by atoms with Crippen molar-refractivity contribution in [2.24, 2.45) is 0 Å². The van der Waals surface area contributed by atoms with Gasteiger partial charge in [0.05, 0.1) is 0 Å². The van der Waals surface area contributed by atoms with Gasteiger partial charge in [-0.05, 0) is 18.2 Å². The van der Waals surface area contributed by atoms with Gasteiger partial charge in [0, 0.05) is 18.6 Å². The molecule has 0 aliphatic heterocycles. The van der Waals surface area contributed by atoms with E-state index in [1.807, 2.05) is 36.4 Å². The predicted octanol–water partition coefficient (Wildman–Crippen LogP) is -0.786. The van der Waals surface area contributed by atoms with Crippen molar-refractivity contribution in [1.82, 2.24) is 20.5 Å². The minimum absolute atomic E-state index is 0. The normalized spacial score (nSPS) is 6.57. The molecule has 0 amide bonds. The molecule has 0 atom stereocenters. The molecule has 154 valence electrons. The number of pyridine rings is 3. The molecule has 0 aliphatic carbocycles. The molecule has 0 spiro atoms. The van der Waals surface area contributed by atoms with Crippen molar-refractivity contribution in [3.63, 3.8) is 0 Å². The van der Waals surface area contributed by atoms with Crippen molar-refractivity contribution in [3.8, 4) is 0 Å². The summed E-state index contributed by atoms with van der Waals surface area (Å²) in [5.74, 6) is 0. The fourth-order valence-corrected chi connectivity index (χ4v) is 1.46. The molecule has 28 heavy (non-hydrogen) atoms. The van der Waals surface area contributed by atoms with E-state index in [1.165, 1.54) is 0 Å². The molecule has 0 saturated heterocycles. The third kappa shape index (κ3) is 26.5. The maximum Gasteiger partial charge on any atom is 3.00 e. The van der Waals surface area contributed by atoms with Crippen LogP contribution in [-0.2, 0) is 59.0 Å². The Morgan fingerprint density at radius 3 is 0.821 bits per heavy atom. The van der Waals surface area contributed by atoms with Crippen LogP contribution in [0.4, 0.5) is 0 Å². The number of rotatable bonds is 0. The largest absolute Gasteiger partial charge is 3.00 e. The van der Waals surface area contributed by atoms with Crippen LogP contribution in [0, 0.1) is 4.91 Å². The topological polar surface area (TPSA) is 204 Å². The van der Waals surface area contributed by atoms with Crippen LogP contribution in [0.5, 0.6) is 0 Å². The van der Waals surface area contributed by atoms with E-state index in [9.17, 15) is 0 Å². The summed E-state index contributed by atoms with van der Waals surface area (Å²) in [6, 6.07) is 16.5. The number of hydrogen-bond donors (Lipinski definition) is 0. The van der Waals surface area contributed by atoms with Crippen molar-refractivity contribution in [2.75, 3.05) is 0 Å². The van der Waals surface area contributed by atoms with Crippen LogP contribution in [0.1, 0.15) is 0 Å². The molecule has 3 heterocycles. The minimum Gasteiger partial charge on any atom is -0.760 e. The Hall–Kier alpha value is -1.76. The summed E-state index contributed by atoms with van der Waals surface area (Å²) in [6.45, 7) is 0. The van der Waals surface area contributed by atoms with E-state index in [4.69, 9.17) is 48.4 Å². The third-order valence-corrected chi connectivity index (χ3v) is 2.64. The molecule has 0 unspecified atom stereocenters. The van der Waals surface area contributed by atoms with Gasteiger partial charge in [-0.2, -0.15) is 0 Å². The Morgan fingerprint density at radius 1 is 0.536 bits per heavy atom. The second-order valence-corrected chi connectivity index (χ2v) is 4.76. The van der Waals surface area contributed by atoms with Gasteiger partial charge in [0.1, 0.15) is 5.59 Å². The first kappa shape index (κ1) is 40.8. The van der Waals surface area contributed by atoms with Crippen molar-refractivity contribution in [3.05, 3.63) is 78.1 Å². The molecule has 13 heteroatoms. The molecule has 2 radical (unpaired) electrons. The van der Waals surface area contributed by atoms with Crippen LogP contribution in [0.15, 0.2) is 88.3 Å². The molecule has 0 aromatic carbocycles. The van der Waals surface area contributed by atoms with Crippen molar-refractivity contribution >= 4 is 37.9 Å². The molecular weight excluding hydrogens is 508 g/mol. The monoisotopic (exact) mass is 530 g/mol. The smallest absolute Gasteiger partial charge is 0.760 e. The first-order chi connectivity index (χ1) is 11.2. The van der Waals surface area contributed by atoms with E-state index in [0.29, 0.717) is 15.1 Å². The molecule has 0 saturated carbocycles. The Bertz CT molecular complexity index is 545. The van der Waals surface area contributed by atoms with Gasteiger partial charge < -0.3 is 59.8 Å². The average molecular weight is 528 g/mol. The van der Waals surface area contributed by atoms with Crippen LogP contribution in [0.2, 0.25) is 0 Å². The second kappa shape index (κ2) is 30.0. The maximum absolute atomic E-state index is 7.25.